The molecule has 110 valence electrons. The Morgan fingerprint density at radius 2 is 1.72 bits per heavy atom. The molecule has 18 heavy (non-hydrogen) atoms. The second-order valence-corrected chi connectivity index (χ2v) is 8.39. The lowest BCUT2D eigenvalue weighted by atomic mass is 10.2. The molecule has 0 aliphatic heterocycles. The van der Waals surface area contributed by atoms with Crippen molar-refractivity contribution in [3.63, 3.8) is 0 Å². The van der Waals surface area contributed by atoms with Gasteiger partial charge < -0.3 is 19.9 Å². The highest BCUT2D eigenvalue weighted by Gasteiger charge is 2.33. The number of nitrogens with one attached hydrogen (secondary N) is 1. The van der Waals surface area contributed by atoms with Crippen LogP contribution in [0.15, 0.2) is 0 Å². The first-order valence-electron chi connectivity index (χ1n) is 7.26. The molecule has 1 atom stereocenters. The zero-order valence-electron chi connectivity index (χ0n) is 12.6. The predicted octanol–water partition coefficient (Wildman–Crippen LogP) is 2.10. The molecule has 0 bridgehead atoms. The maximum atomic E-state index is 6.02. The maximum absolute atomic E-state index is 6.02. The summed E-state index contributed by atoms with van der Waals surface area (Å²) in [6.45, 7) is 12.9. The van der Waals surface area contributed by atoms with Crippen LogP contribution in [0.4, 0.5) is 0 Å². The SMILES string of the molecule is CCCO[Si](C)(CC(C)CNCCN)OCCC. The average molecular weight is 276 g/mol. The average Bonchev–Trinajstić information content (AvgIpc) is 2.34. The van der Waals surface area contributed by atoms with Gasteiger partial charge in [0.2, 0.25) is 0 Å². The van der Waals surface area contributed by atoms with Crippen molar-refractivity contribution in [2.24, 2.45) is 11.7 Å². The van der Waals surface area contributed by atoms with Gasteiger partial charge in [-0.1, -0.05) is 20.8 Å². The fraction of sp³-hybridized carbons (Fsp3) is 1.00. The molecule has 0 radical (unpaired) electrons. The Kier molecular flexibility index (Phi) is 11.0. The van der Waals surface area contributed by atoms with E-state index in [2.05, 4.69) is 32.6 Å². The minimum atomic E-state index is -1.99. The Morgan fingerprint density at radius 1 is 1.17 bits per heavy atom. The minimum Gasteiger partial charge on any atom is -0.394 e. The van der Waals surface area contributed by atoms with E-state index < -0.39 is 8.56 Å². The van der Waals surface area contributed by atoms with Crippen LogP contribution in [0.25, 0.3) is 0 Å². The molecule has 0 aliphatic carbocycles. The zero-order chi connectivity index (χ0) is 13.9. The summed E-state index contributed by atoms with van der Waals surface area (Å²) in [5, 5.41) is 3.36. The van der Waals surface area contributed by atoms with Crippen LogP contribution in [0, 0.1) is 5.92 Å². The molecule has 5 heteroatoms. The van der Waals surface area contributed by atoms with Crippen molar-refractivity contribution in [1.29, 1.82) is 0 Å². The zero-order valence-corrected chi connectivity index (χ0v) is 13.6. The molecule has 3 N–H and O–H groups in total. The monoisotopic (exact) mass is 276 g/mol. The highest BCUT2D eigenvalue weighted by atomic mass is 28.4. The molecule has 0 aromatic heterocycles. The molecule has 0 spiro atoms. The van der Waals surface area contributed by atoms with Gasteiger partial charge in [0, 0.05) is 26.3 Å². The van der Waals surface area contributed by atoms with Crippen molar-refractivity contribution in [3.05, 3.63) is 0 Å². The Hall–Kier alpha value is 0.0569. The van der Waals surface area contributed by atoms with Gasteiger partial charge >= 0.3 is 8.56 Å². The summed E-state index contributed by atoms with van der Waals surface area (Å²) in [4.78, 5) is 0. The van der Waals surface area contributed by atoms with Crippen LogP contribution in [-0.4, -0.2) is 41.4 Å². The maximum Gasteiger partial charge on any atom is 0.335 e. The van der Waals surface area contributed by atoms with Crippen LogP contribution in [0.1, 0.15) is 33.6 Å². The number of rotatable bonds is 12. The fourth-order valence-corrected chi connectivity index (χ4v) is 4.95. The molecule has 1 unspecified atom stereocenters. The smallest absolute Gasteiger partial charge is 0.335 e. The number of hydrogen-bond acceptors (Lipinski definition) is 4. The lowest BCUT2D eigenvalue weighted by Gasteiger charge is -2.29. The highest BCUT2D eigenvalue weighted by molar-refractivity contribution is 6.66. The Morgan fingerprint density at radius 3 is 2.17 bits per heavy atom. The fourth-order valence-electron chi connectivity index (χ4n) is 1.95. The second kappa shape index (κ2) is 10.9. The molecule has 0 aromatic carbocycles. The first kappa shape index (κ1) is 18.1. The molecule has 0 saturated carbocycles. The largest absolute Gasteiger partial charge is 0.394 e. The summed E-state index contributed by atoms with van der Waals surface area (Å²) >= 11 is 0. The third kappa shape index (κ3) is 9.05. The van der Waals surface area contributed by atoms with Crippen molar-refractivity contribution in [2.45, 2.75) is 46.2 Å². The van der Waals surface area contributed by atoms with Gasteiger partial charge in [0.1, 0.15) is 0 Å². The Labute approximate surface area is 114 Å². The van der Waals surface area contributed by atoms with Gasteiger partial charge in [0.15, 0.2) is 0 Å². The van der Waals surface area contributed by atoms with E-state index in [9.17, 15) is 0 Å². The molecule has 0 rings (SSSR count). The molecular formula is C13H32N2O2Si. The Bertz CT molecular complexity index is 186. The van der Waals surface area contributed by atoms with E-state index in [-0.39, 0.29) is 0 Å². The van der Waals surface area contributed by atoms with Crippen molar-refractivity contribution >= 4 is 8.56 Å². The van der Waals surface area contributed by atoms with Crippen LogP contribution in [0.5, 0.6) is 0 Å². The molecule has 0 fully saturated rings. The number of nitrogens with two attached hydrogens (primary N) is 1. The van der Waals surface area contributed by atoms with Crippen molar-refractivity contribution in [2.75, 3.05) is 32.8 Å². The van der Waals surface area contributed by atoms with Crippen LogP contribution < -0.4 is 11.1 Å². The van der Waals surface area contributed by atoms with E-state index in [1.807, 2.05) is 0 Å². The van der Waals surface area contributed by atoms with E-state index in [1.54, 1.807) is 0 Å². The summed E-state index contributed by atoms with van der Waals surface area (Å²) in [5.74, 6) is 0.571. The van der Waals surface area contributed by atoms with Gasteiger partial charge in [-0.25, -0.2) is 0 Å². The molecule has 0 aromatic rings. The van der Waals surface area contributed by atoms with E-state index in [1.165, 1.54) is 0 Å². The summed E-state index contributed by atoms with van der Waals surface area (Å²) in [6, 6.07) is 1.05. The van der Waals surface area contributed by atoms with Gasteiger partial charge in [-0.15, -0.1) is 0 Å². The highest BCUT2D eigenvalue weighted by Crippen LogP contribution is 2.20. The van der Waals surface area contributed by atoms with Gasteiger partial charge in [0.25, 0.3) is 0 Å². The first-order chi connectivity index (χ1) is 8.58. The first-order valence-corrected chi connectivity index (χ1v) is 9.79. The third-order valence-electron chi connectivity index (χ3n) is 2.76. The summed E-state index contributed by atoms with van der Waals surface area (Å²) < 4.78 is 12.0. The van der Waals surface area contributed by atoms with Crippen molar-refractivity contribution < 1.29 is 8.85 Å². The van der Waals surface area contributed by atoms with Gasteiger partial charge in [-0.05, 0) is 37.9 Å². The second-order valence-electron chi connectivity index (χ2n) is 5.13. The van der Waals surface area contributed by atoms with E-state index in [0.717, 1.165) is 45.2 Å². The van der Waals surface area contributed by atoms with Crippen molar-refractivity contribution in [1.82, 2.24) is 5.32 Å². The molecule has 0 heterocycles. The van der Waals surface area contributed by atoms with E-state index in [4.69, 9.17) is 14.6 Å². The lowest BCUT2D eigenvalue weighted by Crippen LogP contribution is -2.42. The van der Waals surface area contributed by atoms with Crippen molar-refractivity contribution in [3.8, 4) is 0 Å². The standard InChI is InChI=1S/C13H32N2O2Si/c1-5-9-16-18(4,17-10-6-2)12-13(3)11-15-8-7-14/h13,15H,5-12,14H2,1-4H3. The van der Waals surface area contributed by atoms with Gasteiger partial charge in [-0.2, -0.15) is 0 Å². The molecule has 0 saturated heterocycles. The van der Waals surface area contributed by atoms with E-state index >= 15 is 0 Å². The summed E-state index contributed by atoms with van der Waals surface area (Å²) in [6.07, 6.45) is 2.11. The normalized spacial score (nSPS) is 13.8. The Balaban J connectivity index is 4.10. The quantitative estimate of drug-likeness (QED) is 0.423. The van der Waals surface area contributed by atoms with Crippen LogP contribution in [-0.2, 0) is 8.85 Å². The predicted molar refractivity (Wildman–Crippen MR) is 80.0 cm³/mol. The van der Waals surface area contributed by atoms with E-state index in [0.29, 0.717) is 12.5 Å². The molecule has 0 aliphatic rings. The summed E-state index contributed by atoms with van der Waals surface area (Å²) in [7, 11) is -1.99. The third-order valence-corrected chi connectivity index (χ3v) is 5.82. The molecule has 4 nitrogen and oxygen atoms in total. The lowest BCUT2D eigenvalue weighted by molar-refractivity contribution is 0.169. The molecular weight excluding hydrogens is 244 g/mol. The van der Waals surface area contributed by atoms with Crippen LogP contribution in [0.2, 0.25) is 12.6 Å². The minimum absolute atomic E-state index is 0.571. The molecule has 0 amide bonds. The van der Waals surface area contributed by atoms with Gasteiger partial charge in [-0.3, -0.25) is 0 Å². The van der Waals surface area contributed by atoms with Crippen LogP contribution in [0.3, 0.4) is 0 Å². The number of hydrogen-bond donors (Lipinski definition) is 2. The summed E-state index contributed by atoms with van der Waals surface area (Å²) in [5.41, 5.74) is 5.47. The van der Waals surface area contributed by atoms with Crippen LogP contribution >= 0.6 is 0 Å². The van der Waals surface area contributed by atoms with Gasteiger partial charge in [0.05, 0.1) is 0 Å². The topological polar surface area (TPSA) is 56.5 Å².